The van der Waals surface area contributed by atoms with Crippen molar-refractivity contribution in [3.63, 3.8) is 0 Å². The van der Waals surface area contributed by atoms with Gasteiger partial charge in [0.05, 0.1) is 22.0 Å². The van der Waals surface area contributed by atoms with Crippen LogP contribution in [0.15, 0.2) is 33.3 Å². The minimum atomic E-state index is -3.75. The summed E-state index contributed by atoms with van der Waals surface area (Å²) in [5.41, 5.74) is 1.53. The van der Waals surface area contributed by atoms with E-state index in [-0.39, 0.29) is 16.6 Å². The number of hydrogen-bond acceptors (Lipinski definition) is 5. The molecule has 0 aliphatic rings. The zero-order valence-electron chi connectivity index (χ0n) is 14.2. The van der Waals surface area contributed by atoms with E-state index in [2.05, 4.69) is 19.7 Å². The largest absolute Gasteiger partial charge is 0.323 e. The number of imidazole rings is 1. The number of nitrogens with zero attached hydrogens (tertiary/aromatic N) is 1. The lowest BCUT2D eigenvalue weighted by molar-refractivity contribution is 0.470. The standard InChI is InChI=1S/C16H20N4O3S2/c1-9(2)6-14(15-17-10(3)8-24-15)20-25(22,23)11-4-5-12-13(7-11)19-16(21)18-12/h4-5,7-9,14,20H,6H2,1-3H3,(H2,18,19,21). The lowest BCUT2D eigenvalue weighted by atomic mass is 10.1. The summed E-state index contributed by atoms with van der Waals surface area (Å²) in [5.74, 6) is 0.306. The number of fused-ring (bicyclic) bond motifs is 1. The van der Waals surface area contributed by atoms with E-state index in [1.807, 2.05) is 26.2 Å². The summed E-state index contributed by atoms with van der Waals surface area (Å²) in [6.45, 7) is 5.97. The van der Waals surface area contributed by atoms with Crippen molar-refractivity contribution in [1.29, 1.82) is 0 Å². The second kappa shape index (κ2) is 6.74. The number of thiazole rings is 1. The molecule has 0 amide bonds. The predicted octanol–water partition coefficient (Wildman–Crippen LogP) is 2.69. The van der Waals surface area contributed by atoms with Gasteiger partial charge < -0.3 is 9.97 Å². The maximum atomic E-state index is 12.8. The van der Waals surface area contributed by atoms with Crippen LogP contribution in [0.3, 0.4) is 0 Å². The molecule has 0 bridgehead atoms. The van der Waals surface area contributed by atoms with Gasteiger partial charge in [-0.25, -0.2) is 22.9 Å². The Hall–Kier alpha value is -1.97. The zero-order valence-corrected chi connectivity index (χ0v) is 15.8. The number of nitrogens with one attached hydrogen (secondary N) is 3. The van der Waals surface area contributed by atoms with Crippen molar-refractivity contribution in [1.82, 2.24) is 19.7 Å². The SMILES string of the molecule is Cc1csc(C(CC(C)C)NS(=O)(=O)c2ccc3[nH]c(=O)[nH]c3c2)n1. The molecule has 0 saturated carbocycles. The van der Waals surface area contributed by atoms with Crippen LogP contribution in [0, 0.1) is 12.8 Å². The number of aromatic nitrogens is 3. The molecule has 0 spiro atoms. The highest BCUT2D eigenvalue weighted by Crippen LogP contribution is 2.27. The molecule has 2 aromatic heterocycles. The number of benzene rings is 1. The molecule has 7 nitrogen and oxygen atoms in total. The monoisotopic (exact) mass is 380 g/mol. The summed E-state index contributed by atoms with van der Waals surface area (Å²) in [5, 5.41) is 2.67. The first-order valence-electron chi connectivity index (χ1n) is 7.91. The van der Waals surface area contributed by atoms with Gasteiger partial charge >= 0.3 is 5.69 Å². The Morgan fingerprint density at radius 2 is 1.96 bits per heavy atom. The van der Waals surface area contributed by atoms with Crippen molar-refractivity contribution in [3.8, 4) is 0 Å². The Kier molecular flexibility index (Phi) is 4.81. The van der Waals surface area contributed by atoms with Crippen LogP contribution in [0.2, 0.25) is 0 Å². The third-order valence-corrected chi connectivity index (χ3v) is 6.28. The van der Waals surface area contributed by atoms with Gasteiger partial charge in [0.2, 0.25) is 10.0 Å². The first kappa shape index (κ1) is 17.8. The molecular weight excluding hydrogens is 360 g/mol. The van der Waals surface area contributed by atoms with Crippen molar-refractivity contribution in [3.05, 3.63) is 44.8 Å². The van der Waals surface area contributed by atoms with Gasteiger partial charge in [-0.3, -0.25) is 0 Å². The number of aromatic amines is 2. The van der Waals surface area contributed by atoms with Gasteiger partial charge in [0.25, 0.3) is 0 Å². The highest BCUT2D eigenvalue weighted by atomic mass is 32.2. The van der Waals surface area contributed by atoms with Crippen LogP contribution < -0.4 is 10.4 Å². The van der Waals surface area contributed by atoms with E-state index in [1.54, 1.807) is 6.07 Å². The molecule has 0 radical (unpaired) electrons. The Morgan fingerprint density at radius 3 is 2.60 bits per heavy atom. The van der Waals surface area contributed by atoms with E-state index in [0.717, 1.165) is 10.7 Å². The number of aryl methyl sites for hydroxylation is 1. The second-order valence-corrected chi connectivity index (χ2v) is 9.02. The second-order valence-electron chi connectivity index (χ2n) is 6.42. The van der Waals surface area contributed by atoms with Crippen molar-refractivity contribution >= 4 is 32.4 Å². The summed E-state index contributed by atoms with van der Waals surface area (Å²) >= 11 is 1.45. The highest BCUT2D eigenvalue weighted by Gasteiger charge is 2.24. The molecule has 0 aliphatic carbocycles. The first-order chi connectivity index (χ1) is 11.7. The minimum Gasteiger partial charge on any atom is -0.306 e. The lowest BCUT2D eigenvalue weighted by Gasteiger charge is -2.18. The molecule has 0 fully saturated rings. The molecule has 134 valence electrons. The molecule has 25 heavy (non-hydrogen) atoms. The topological polar surface area (TPSA) is 108 Å². The van der Waals surface area contributed by atoms with E-state index in [1.165, 1.54) is 23.5 Å². The fourth-order valence-electron chi connectivity index (χ4n) is 2.64. The molecule has 2 heterocycles. The van der Waals surface area contributed by atoms with Crippen molar-refractivity contribution in [2.24, 2.45) is 5.92 Å². The van der Waals surface area contributed by atoms with Gasteiger partial charge in [0.15, 0.2) is 0 Å². The minimum absolute atomic E-state index is 0.109. The van der Waals surface area contributed by atoms with Gasteiger partial charge in [-0.2, -0.15) is 0 Å². The first-order valence-corrected chi connectivity index (χ1v) is 10.3. The average molecular weight is 380 g/mol. The maximum absolute atomic E-state index is 12.8. The quantitative estimate of drug-likeness (QED) is 0.611. The summed E-state index contributed by atoms with van der Waals surface area (Å²) in [4.78, 5) is 21.1. The van der Waals surface area contributed by atoms with Crippen molar-refractivity contribution in [2.45, 2.75) is 38.1 Å². The summed E-state index contributed by atoms with van der Waals surface area (Å²) < 4.78 is 28.4. The van der Waals surface area contributed by atoms with Gasteiger partial charge in [-0.1, -0.05) is 13.8 Å². The van der Waals surface area contributed by atoms with Crippen LogP contribution >= 0.6 is 11.3 Å². The van der Waals surface area contributed by atoms with Crippen molar-refractivity contribution < 1.29 is 8.42 Å². The maximum Gasteiger partial charge on any atom is 0.323 e. The molecule has 0 aliphatic heterocycles. The molecule has 1 unspecified atom stereocenters. The Bertz CT molecular complexity index is 1050. The van der Waals surface area contributed by atoms with Gasteiger partial charge in [-0.05, 0) is 37.5 Å². The molecule has 1 atom stereocenters. The van der Waals surface area contributed by atoms with Gasteiger partial charge in [0.1, 0.15) is 5.01 Å². The third-order valence-electron chi connectivity index (χ3n) is 3.74. The molecule has 3 rings (SSSR count). The lowest BCUT2D eigenvalue weighted by Crippen LogP contribution is -2.29. The number of hydrogen-bond donors (Lipinski definition) is 3. The molecule has 1 aromatic carbocycles. The predicted molar refractivity (Wildman–Crippen MR) is 98.3 cm³/mol. The molecule has 3 N–H and O–H groups in total. The number of rotatable bonds is 6. The van der Waals surface area contributed by atoms with E-state index >= 15 is 0 Å². The third kappa shape index (κ3) is 4.00. The van der Waals surface area contributed by atoms with E-state index in [0.29, 0.717) is 23.4 Å². The summed E-state index contributed by atoms with van der Waals surface area (Å²) in [6.07, 6.45) is 0.648. The van der Waals surface area contributed by atoms with Crippen LogP contribution in [-0.2, 0) is 10.0 Å². The Labute approximate surface area is 149 Å². The Balaban J connectivity index is 1.94. The number of H-pyrrole nitrogens is 2. The van der Waals surface area contributed by atoms with Crippen LogP contribution in [0.4, 0.5) is 0 Å². The summed E-state index contributed by atoms with van der Waals surface area (Å²) in [6, 6.07) is 4.13. The molecule has 0 saturated heterocycles. The van der Waals surface area contributed by atoms with E-state index < -0.39 is 10.0 Å². The van der Waals surface area contributed by atoms with E-state index in [9.17, 15) is 13.2 Å². The molecular formula is C16H20N4O3S2. The van der Waals surface area contributed by atoms with Gasteiger partial charge in [-0.15, -0.1) is 11.3 Å². The smallest absolute Gasteiger partial charge is 0.306 e. The molecule has 9 heteroatoms. The van der Waals surface area contributed by atoms with Crippen LogP contribution in [0.25, 0.3) is 11.0 Å². The van der Waals surface area contributed by atoms with Crippen LogP contribution in [-0.4, -0.2) is 23.4 Å². The van der Waals surface area contributed by atoms with E-state index in [4.69, 9.17) is 0 Å². The average Bonchev–Trinajstić information content (AvgIpc) is 3.09. The molecule has 3 aromatic rings. The zero-order chi connectivity index (χ0) is 18.2. The van der Waals surface area contributed by atoms with Crippen LogP contribution in [0.1, 0.15) is 37.0 Å². The van der Waals surface area contributed by atoms with Crippen molar-refractivity contribution in [2.75, 3.05) is 0 Å². The number of sulfonamides is 1. The van der Waals surface area contributed by atoms with Gasteiger partial charge in [0, 0.05) is 11.1 Å². The highest BCUT2D eigenvalue weighted by molar-refractivity contribution is 7.89. The van der Waals surface area contributed by atoms with Crippen LogP contribution in [0.5, 0.6) is 0 Å². The Morgan fingerprint density at radius 1 is 1.24 bits per heavy atom. The fourth-order valence-corrected chi connectivity index (χ4v) is 4.81. The normalized spacial score (nSPS) is 13.6. The fraction of sp³-hybridized carbons (Fsp3) is 0.375. The summed E-state index contributed by atoms with van der Waals surface area (Å²) in [7, 11) is -3.75.